The van der Waals surface area contributed by atoms with Gasteiger partial charge in [-0.2, -0.15) is 0 Å². The van der Waals surface area contributed by atoms with E-state index < -0.39 is 5.97 Å². The van der Waals surface area contributed by atoms with E-state index in [-0.39, 0.29) is 12.1 Å². The molecular formula is C40H78O4. The zero-order chi connectivity index (χ0) is 32.2. The topological polar surface area (TPSA) is 63.6 Å². The van der Waals surface area contributed by atoms with Crippen LogP contribution in [-0.2, 0) is 14.3 Å². The summed E-state index contributed by atoms with van der Waals surface area (Å²) in [4.78, 5) is 23.0. The summed E-state index contributed by atoms with van der Waals surface area (Å²) in [6, 6.07) is 0. The fourth-order valence-electron chi connectivity index (χ4n) is 6.35. The van der Waals surface area contributed by atoms with E-state index in [1.165, 1.54) is 148 Å². The molecule has 0 amide bonds. The largest absolute Gasteiger partial charge is 0.481 e. The van der Waals surface area contributed by atoms with E-state index in [1.54, 1.807) is 0 Å². The van der Waals surface area contributed by atoms with Gasteiger partial charge in [-0.25, -0.2) is 0 Å². The second-order valence-corrected chi connectivity index (χ2v) is 13.8. The summed E-state index contributed by atoms with van der Waals surface area (Å²) in [5.41, 5.74) is 0. The van der Waals surface area contributed by atoms with Crippen molar-refractivity contribution in [1.82, 2.24) is 0 Å². The minimum absolute atomic E-state index is 0.0291. The van der Waals surface area contributed by atoms with Crippen molar-refractivity contribution in [3.63, 3.8) is 0 Å². The molecule has 0 aliphatic carbocycles. The summed E-state index contributed by atoms with van der Waals surface area (Å²) < 4.78 is 5.92. The minimum Gasteiger partial charge on any atom is -0.481 e. The third kappa shape index (κ3) is 35.4. The molecule has 1 N–H and O–H groups in total. The molecule has 4 nitrogen and oxygen atoms in total. The van der Waals surface area contributed by atoms with Crippen LogP contribution in [0, 0.1) is 0 Å². The number of carboxylic acid groups (broad SMARTS) is 1. The minimum atomic E-state index is -0.674. The van der Waals surface area contributed by atoms with Gasteiger partial charge in [0.05, 0.1) is 0 Å². The lowest BCUT2D eigenvalue weighted by Crippen LogP contribution is -2.18. The Balaban J connectivity index is 3.55. The Bertz CT molecular complexity index is 590. The highest BCUT2D eigenvalue weighted by molar-refractivity contribution is 5.69. The summed E-state index contributed by atoms with van der Waals surface area (Å²) in [7, 11) is 0. The van der Waals surface area contributed by atoms with Crippen molar-refractivity contribution in [2.45, 2.75) is 245 Å². The number of rotatable bonds is 37. The van der Waals surface area contributed by atoms with Crippen molar-refractivity contribution in [3.05, 3.63) is 0 Å². The summed E-state index contributed by atoms with van der Waals surface area (Å²) in [5, 5.41) is 8.68. The molecule has 0 bridgehead atoms. The van der Waals surface area contributed by atoms with Gasteiger partial charge >= 0.3 is 11.9 Å². The van der Waals surface area contributed by atoms with Crippen LogP contribution in [0.1, 0.15) is 239 Å². The van der Waals surface area contributed by atoms with Crippen LogP contribution in [0.5, 0.6) is 0 Å². The molecule has 0 aliphatic heterocycles. The predicted molar refractivity (Wildman–Crippen MR) is 190 cm³/mol. The maximum atomic E-state index is 12.5. The van der Waals surface area contributed by atoms with Gasteiger partial charge in [0.25, 0.3) is 0 Å². The van der Waals surface area contributed by atoms with E-state index in [2.05, 4.69) is 13.8 Å². The van der Waals surface area contributed by atoms with Gasteiger partial charge in [-0.15, -0.1) is 0 Å². The Kier molecular flexibility index (Phi) is 35.5. The van der Waals surface area contributed by atoms with E-state index in [1.807, 2.05) is 0 Å². The molecule has 262 valence electrons. The standard InChI is InChI=1S/C40H78O4/c1-3-5-7-8-9-10-11-12-13-14-15-16-17-18-19-24-27-30-33-37-40(43)44-38(34-6-4-2)35-31-28-25-22-20-21-23-26-29-32-36-39(41)42/h38H,3-37H2,1-2H3,(H,41,42). The van der Waals surface area contributed by atoms with E-state index in [0.717, 1.165) is 64.2 Å². The number of aliphatic carboxylic acids is 1. The smallest absolute Gasteiger partial charge is 0.306 e. The lowest BCUT2D eigenvalue weighted by molar-refractivity contribution is -0.150. The fourth-order valence-corrected chi connectivity index (χ4v) is 6.35. The SMILES string of the molecule is CCCCCCCCCCCCCCCCCCCCCC(=O)OC(CCCC)CCCCCCCCCCCCC(=O)O. The lowest BCUT2D eigenvalue weighted by Gasteiger charge is -2.18. The Labute approximate surface area is 275 Å². The zero-order valence-corrected chi connectivity index (χ0v) is 30.0. The quantitative estimate of drug-likeness (QED) is 0.0553. The number of esters is 1. The summed E-state index contributed by atoms with van der Waals surface area (Å²) in [6.45, 7) is 4.50. The second-order valence-electron chi connectivity index (χ2n) is 13.8. The van der Waals surface area contributed by atoms with Crippen molar-refractivity contribution in [1.29, 1.82) is 0 Å². The van der Waals surface area contributed by atoms with Crippen LogP contribution in [0.15, 0.2) is 0 Å². The summed E-state index contributed by atoms with van der Waals surface area (Å²) in [5.74, 6) is -0.644. The molecule has 1 unspecified atom stereocenters. The Morgan fingerprint density at radius 2 is 0.705 bits per heavy atom. The summed E-state index contributed by atoms with van der Waals surface area (Å²) in [6.07, 6.45) is 43.2. The van der Waals surface area contributed by atoms with Gasteiger partial charge in [0.2, 0.25) is 0 Å². The fraction of sp³-hybridized carbons (Fsp3) is 0.950. The van der Waals surface area contributed by atoms with Crippen LogP contribution < -0.4 is 0 Å². The molecule has 0 spiro atoms. The Morgan fingerprint density at radius 3 is 1.07 bits per heavy atom. The summed E-state index contributed by atoms with van der Waals surface area (Å²) >= 11 is 0. The number of unbranched alkanes of at least 4 members (excludes halogenated alkanes) is 28. The maximum Gasteiger partial charge on any atom is 0.306 e. The van der Waals surface area contributed by atoms with Gasteiger partial charge in [-0.1, -0.05) is 194 Å². The molecule has 4 heteroatoms. The maximum absolute atomic E-state index is 12.5. The third-order valence-corrected chi connectivity index (χ3v) is 9.33. The molecule has 0 rings (SSSR count). The number of ether oxygens (including phenoxy) is 1. The van der Waals surface area contributed by atoms with E-state index in [0.29, 0.717) is 12.8 Å². The number of carbonyl (C=O) groups is 2. The second kappa shape index (κ2) is 36.4. The van der Waals surface area contributed by atoms with Crippen LogP contribution in [0.25, 0.3) is 0 Å². The van der Waals surface area contributed by atoms with Crippen molar-refractivity contribution in [3.8, 4) is 0 Å². The van der Waals surface area contributed by atoms with Crippen molar-refractivity contribution >= 4 is 11.9 Å². The average Bonchev–Trinajstić information content (AvgIpc) is 3.01. The Hall–Kier alpha value is -1.06. The van der Waals surface area contributed by atoms with Gasteiger partial charge in [-0.3, -0.25) is 9.59 Å². The highest BCUT2D eigenvalue weighted by atomic mass is 16.5. The number of hydrogen-bond donors (Lipinski definition) is 1. The Morgan fingerprint density at radius 1 is 0.409 bits per heavy atom. The molecule has 0 radical (unpaired) electrons. The first kappa shape index (κ1) is 42.9. The highest BCUT2D eigenvalue weighted by Crippen LogP contribution is 2.18. The van der Waals surface area contributed by atoms with E-state index >= 15 is 0 Å². The monoisotopic (exact) mass is 623 g/mol. The molecule has 0 saturated heterocycles. The van der Waals surface area contributed by atoms with Crippen molar-refractivity contribution in [2.75, 3.05) is 0 Å². The molecule has 0 aromatic carbocycles. The molecule has 0 aliphatic rings. The van der Waals surface area contributed by atoms with Crippen LogP contribution in [0.3, 0.4) is 0 Å². The third-order valence-electron chi connectivity index (χ3n) is 9.33. The van der Waals surface area contributed by atoms with Crippen LogP contribution >= 0.6 is 0 Å². The predicted octanol–water partition coefficient (Wildman–Crippen LogP) is 13.7. The number of carbonyl (C=O) groups excluding carboxylic acids is 1. The molecule has 0 aromatic rings. The number of hydrogen-bond acceptors (Lipinski definition) is 3. The van der Waals surface area contributed by atoms with Crippen molar-refractivity contribution in [2.24, 2.45) is 0 Å². The van der Waals surface area contributed by atoms with E-state index in [9.17, 15) is 9.59 Å². The van der Waals surface area contributed by atoms with Crippen LogP contribution in [0.2, 0.25) is 0 Å². The van der Waals surface area contributed by atoms with Gasteiger partial charge in [0.15, 0.2) is 0 Å². The zero-order valence-electron chi connectivity index (χ0n) is 30.0. The van der Waals surface area contributed by atoms with Gasteiger partial charge in [-0.05, 0) is 32.1 Å². The average molecular weight is 623 g/mol. The molecular weight excluding hydrogens is 544 g/mol. The van der Waals surface area contributed by atoms with Gasteiger partial charge < -0.3 is 9.84 Å². The first-order valence-corrected chi connectivity index (χ1v) is 20.0. The number of carboxylic acids is 1. The van der Waals surface area contributed by atoms with Gasteiger partial charge in [0, 0.05) is 12.8 Å². The molecule has 1 atom stereocenters. The normalized spacial score (nSPS) is 12.0. The highest BCUT2D eigenvalue weighted by Gasteiger charge is 2.14. The molecule has 0 fully saturated rings. The molecule has 0 heterocycles. The first-order chi connectivity index (χ1) is 21.6. The first-order valence-electron chi connectivity index (χ1n) is 20.0. The molecule has 0 saturated carbocycles. The van der Waals surface area contributed by atoms with Gasteiger partial charge in [0.1, 0.15) is 6.10 Å². The van der Waals surface area contributed by atoms with Crippen molar-refractivity contribution < 1.29 is 19.4 Å². The van der Waals surface area contributed by atoms with Crippen LogP contribution in [-0.4, -0.2) is 23.1 Å². The van der Waals surface area contributed by atoms with E-state index in [4.69, 9.17) is 9.84 Å². The molecule has 0 aromatic heterocycles. The molecule has 44 heavy (non-hydrogen) atoms. The van der Waals surface area contributed by atoms with Crippen LogP contribution in [0.4, 0.5) is 0 Å². The lowest BCUT2D eigenvalue weighted by atomic mass is 10.0.